The van der Waals surface area contributed by atoms with Gasteiger partial charge in [-0.25, -0.2) is 0 Å². The van der Waals surface area contributed by atoms with Crippen molar-refractivity contribution in [3.8, 4) is 5.75 Å². The lowest BCUT2D eigenvalue weighted by molar-refractivity contribution is 0.0501. The van der Waals surface area contributed by atoms with Crippen LogP contribution in [-0.4, -0.2) is 26.4 Å². The topological polar surface area (TPSA) is 30.5 Å². The first kappa shape index (κ1) is 15.3. The summed E-state index contributed by atoms with van der Waals surface area (Å²) in [4.78, 5) is 0. The van der Waals surface area contributed by atoms with E-state index in [9.17, 15) is 0 Å². The van der Waals surface area contributed by atoms with E-state index in [4.69, 9.17) is 9.47 Å². The van der Waals surface area contributed by atoms with E-state index < -0.39 is 0 Å². The van der Waals surface area contributed by atoms with Crippen molar-refractivity contribution in [2.45, 2.75) is 45.8 Å². The first-order valence-corrected chi connectivity index (χ1v) is 7.65. The van der Waals surface area contributed by atoms with Crippen LogP contribution in [0.25, 0.3) is 0 Å². The third-order valence-corrected chi connectivity index (χ3v) is 3.99. The zero-order valence-corrected chi connectivity index (χ0v) is 13.1. The number of ether oxygens (including phenoxy) is 2. The maximum absolute atomic E-state index is 6.19. The molecule has 0 saturated heterocycles. The molecule has 1 aliphatic rings. The molecule has 1 N–H and O–H groups in total. The van der Waals surface area contributed by atoms with Crippen LogP contribution in [0.4, 0.5) is 0 Å². The van der Waals surface area contributed by atoms with Crippen LogP contribution in [0.5, 0.6) is 5.75 Å². The monoisotopic (exact) mass is 277 g/mol. The highest BCUT2D eigenvalue weighted by Crippen LogP contribution is 2.37. The van der Waals surface area contributed by atoms with Crippen molar-refractivity contribution in [3.63, 3.8) is 0 Å². The third kappa shape index (κ3) is 3.53. The Kier molecular flexibility index (Phi) is 5.44. The van der Waals surface area contributed by atoms with Crippen LogP contribution in [0.1, 0.15) is 43.9 Å². The maximum atomic E-state index is 6.19. The third-order valence-electron chi connectivity index (χ3n) is 3.99. The van der Waals surface area contributed by atoms with Crippen LogP contribution in [-0.2, 0) is 4.74 Å². The number of hydrogen-bond donors (Lipinski definition) is 1. The molecule has 2 rings (SSSR count). The highest BCUT2D eigenvalue weighted by atomic mass is 16.5. The van der Waals surface area contributed by atoms with Crippen molar-refractivity contribution in [2.24, 2.45) is 5.92 Å². The van der Waals surface area contributed by atoms with Gasteiger partial charge in [0.1, 0.15) is 11.9 Å². The molecular formula is C17H27NO2. The highest BCUT2D eigenvalue weighted by Gasteiger charge is 2.31. The van der Waals surface area contributed by atoms with Gasteiger partial charge in [0.25, 0.3) is 0 Å². The molecule has 3 nitrogen and oxygen atoms in total. The molecule has 0 radical (unpaired) electrons. The van der Waals surface area contributed by atoms with Crippen molar-refractivity contribution >= 4 is 0 Å². The molecule has 0 aromatic heterocycles. The summed E-state index contributed by atoms with van der Waals surface area (Å²) in [6.07, 6.45) is 2.39. The molecule has 0 saturated carbocycles. The summed E-state index contributed by atoms with van der Waals surface area (Å²) < 4.78 is 11.5. The number of hydrogen-bond acceptors (Lipinski definition) is 3. The Balaban J connectivity index is 2.19. The fraction of sp³-hybridized carbons (Fsp3) is 0.647. The molecule has 0 fully saturated rings. The summed E-state index contributed by atoms with van der Waals surface area (Å²) in [6.45, 7) is 8.32. The van der Waals surface area contributed by atoms with Gasteiger partial charge in [0.15, 0.2) is 0 Å². The maximum Gasteiger partial charge on any atom is 0.124 e. The van der Waals surface area contributed by atoms with Crippen LogP contribution < -0.4 is 10.1 Å². The van der Waals surface area contributed by atoms with E-state index in [2.05, 4.69) is 44.3 Å². The van der Waals surface area contributed by atoms with E-state index in [0.29, 0.717) is 12.0 Å². The Bertz CT molecular complexity index is 433. The van der Waals surface area contributed by atoms with Crippen LogP contribution in [0.3, 0.4) is 0 Å². The van der Waals surface area contributed by atoms with Crippen molar-refractivity contribution < 1.29 is 9.47 Å². The summed E-state index contributed by atoms with van der Waals surface area (Å²) >= 11 is 0. The molecule has 0 bridgehead atoms. The molecule has 1 heterocycles. The van der Waals surface area contributed by atoms with Gasteiger partial charge in [-0.3, -0.25) is 0 Å². The zero-order chi connectivity index (χ0) is 14.5. The molecule has 0 amide bonds. The second kappa shape index (κ2) is 7.09. The molecule has 3 atom stereocenters. The Labute approximate surface area is 122 Å². The minimum Gasteiger partial charge on any atom is -0.490 e. The summed E-state index contributed by atoms with van der Waals surface area (Å²) in [6, 6.07) is 6.87. The fourth-order valence-electron chi connectivity index (χ4n) is 2.85. The molecule has 3 unspecified atom stereocenters. The Morgan fingerprint density at radius 1 is 1.45 bits per heavy atom. The first-order chi connectivity index (χ1) is 9.65. The summed E-state index contributed by atoms with van der Waals surface area (Å²) in [5, 5.41) is 3.66. The van der Waals surface area contributed by atoms with Crippen LogP contribution in [0.2, 0.25) is 0 Å². The minimum absolute atomic E-state index is 0.222. The SMILES string of the molecule is CCCNC1CC(C(C)COC)Oc2ccc(C)cc21. The van der Waals surface area contributed by atoms with Gasteiger partial charge in [0.05, 0.1) is 6.61 Å². The lowest BCUT2D eigenvalue weighted by atomic mass is 9.90. The number of rotatable bonds is 6. The van der Waals surface area contributed by atoms with Crippen LogP contribution in [0, 0.1) is 12.8 Å². The second-order valence-electron chi connectivity index (χ2n) is 5.87. The van der Waals surface area contributed by atoms with Gasteiger partial charge >= 0.3 is 0 Å². The lowest BCUT2D eigenvalue weighted by Crippen LogP contribution is -2.38. The first-order valence-electron chi connectivity index (χ1n) is 7.65. The minimum atomic E-state index is 0.222. The smallest absolute Gasteiger partial charge is 0.124 e. The summed E-state index contributed by atoms with van der Waals surface area (Å²) in [5.74, 6) is 1.43. The van der Waals surface area contributed by atoms with E-state index in [1.165, 1.54) is 11.1 Å². The Morgan fingerprint density at radius 2 is 2.25 bits per heavy atom. The predicted molar refractivity (Wildman–Crippen MR) is 82.3 cm³/mol. The number of fused-ring (bicyclic) bond motifs is 1. The molecule has 0 aliphatic carbocycles. The van der Waals surface area contributed by atoms with Gasteiger partial charge in [-0.15, -0.1) is 0 Å². The molecule has 3 heteroatoms. The quantitative estimate of drug-likeness (QED) is 0.863. The van der Waals surface area contributed by atoms with Crippen molar-refractivity contribution in [1.82, 2.24) is 5.32 Å². The van der Waals surface area contributed by atoms with E-state index in [1.807, 2.05) is 0 Å². The average Bonchev–Trinajstić information content (AvgIpc) is 2.45. The normalized spacial score (nSPS) is 23.0. The molecule has 0 spiro atoms. The highest BCUT2D eigenvalue weighted by molar-refractivity contribution is 5.41. The zero-order valence-electron chi connectivity index (χ0n) is 13.1. The molecule has 1 aliphatic heterocycles. The average molecular weight is 277 g/mol. The number of aryl methyl sites for hydroxylation is 1. The van der Waals surface area contributed by atoms with Crippen molar-refractivity contribution in [3.05, 3.63) is 29.3 Å². The fourth-order valence-corrected chi connectivity index (χ4v) is 2.85. The van der Waals surface area contributed by atoms with E-state index in [0.717, 1.165) is 31.7 Å². The standard InChI is InChI=1S/C17H27NO2/c1-5-8-18-15-10-17(13(3)11-19-4)20-16-7-6-12(2)9-14(15)16/h6-7,9,13,15,17-18H,5,8,10-11H2,1-4H3. The van der Waals surface area contributed by atoms with Gasteiger partial charge in [-0.2, -0.15) is 0 Å². The Hall–Kier alpha value is -1.06. The lowest BCUT2D eigenvalue weighted by Gasteiger charge is -2.35. The molecular weight excluding hydrogens is 250 g/mol. The summed E-state index contributed by atoms with van der Waals surface area (Å²) in [5.41, 5.74) is 2.60. The number of benzene rings is 1. The summed E-state index contributed by atoms with van der Waals surface area (Å²) in [7, 11) is 1.75. The van der Waals surface area contributed by atoms with Crippen molar-refractivity contribution in [1.29, 1.82) is 0 Å². The van der Waals surface area contributed by atoms with Crippen molar-refractivity contribution in [2.75, 3.05) is 20.3 Å². The van der Waals surface area contributed by atoms with Gasteiger partial charge in [-0.1, -0.05) is 31.5 Å². The molecule has 112 valence electrons. The second-order valence-corrected chi connectivity index (χ2v) is 5.87. The number of methoxy groups -OCH3 is 1. The largest absolute Gasteiger partial charge is 0.490 e. The number of nitrogens with one attached hydrogen (secondary N) is 1. The van der Waals surface area contributed by atoms with Crippen LogP contribution in [0.15, 0.2) is 18.2 Å². The predicted octanol–water partition coefficient (Wildman–Crippen LogP) is 3.47. The van der Waals surface area contributed by atoms with E-state index in [1.54, 1.807) is 7.11 Å². The van der Waals surface area contributed by atoms with Crippen LogP contribution >= 0.6 is 0 Å². The van der Waals surface area contributed by atoms with Gasteiger partial charge in [0.2, 0.25) is 0 Å². The van der Waals surface area contributed by atoms with E-state index >= 15 is 0 Å². The Morgan fingerprint density at radius 3 is 2.95 bits per heavy atom. The molecule has 1 aromatic carbocycles. The van der Waals surface area contributed by atoms with E-state index in [-0.39, 0.29) is 6.10 Å². The molecule has 1 aromatic rings. The van der Waals surface area contributed by atoms with Gasteiger partial charge in [-0.05, 0) is 26.0 Å². The molecule has 20 heavy (non-hydrogen) atoms. The van der Waals surface area contributed by atoms with Gasteiger partial charge < -0.3 is 14.8 Å². The van der Waals surface area contributed by atoms with Gasteiger partial charge in [0, 0.05) is 31.1 Å².